The zero-order chi connectivity index (χ0) is 13.5. The Morgan fingerprint density at radius 1 is 1.63 bits per heavy atom. The molecule has 1 aromatic heterocycles. The summed E-state index contributed by atoms with van der Waals surface area (Å²) in [4.78, 5) is 15.8. The molecule has 0 unspecified atom stereocenters. The molecule has 19 heavy (non-hydrogen) atoms. The molecule has 1 fully saturated rings. The predicted molar refractivity (Wildman–Crippen MR) is 77.1 cm³/mol. The molecule has 104 valence electrons. The fraction of sp³-hybridized carbons (Fsp3) is 0.571. The van der Waals surface area contributed by atoms with Crippen molar-refractivity contribution in [2.24, 2.45) is 5.92 Å². The van der Waals surface area contributed by atoms with Crippen molar-refractivity contribution >= 4 is 23.3 Å². The van der Waals surface area contributed by atoms with Gasteiger partial charge in [-0.05, 0) is 38.2 Å². The van der Waals surface area contributed by atoms with Gasteiger partial charge in [-0.25, -0.2) is 4.98 Å². The van der Waals surface area contributed by atoms with Crippen molar-refractivity contribution < 1.29 is 9.53 Å². The number of thiazole rings is 1. The third-order valence-corrected chi connectivity index (χ3v) is 3.65. The first-order valence-corrected chi connectivity index (χ1v) is 7.58. The highest BCUT2D eigenvalue weighted by Crippen LogP contribution is 2.28. The van der Waals surface area contributed by atoms with E-state index in [1.165, 1.54) is 18.9 Å². The topological polar surface area (TPSA) is 51.2 Å². The predicted octanol–water partition coefficient (Wildman–Crippen LogP) is 2.40. The summed E-state index contributed by atoms with van der Waals surface area (Å²) in [6.07, 6.45) is 6.76. The second-order valence-corrected chi connectivity index (χ2v) is 5.85. The summed E-state index contributed by atoms with van der Waals surface area (Å²) in [5, 5.41) is 5.78. The molecule has 2 rings (SSSR count). The van der Waals surface area contributed by atoms with Crippen molar-refractivity contribution in [3.8, 4) is 0 Å². The smallest absolute Gasteiger partial charge is 0.244 e. The zero-order valence-electron chi connectivity index (χ0n) is 11.2. The molecule has 1 aromatic rings. The molecule has 0 saturated heterocycles. The van der Waals surface area contributed by atoms with Crippen LogP contribution in [0.2, 0.25) is 0 Å². The van der Waals surface area contributed by atoms with E-state index in [0.717, 1.165) is 36.3 Å². The van der Waals surface area contributed by atoms with Gasteiger partial charge in [0.1, 0.15) is 0 Å². The van der Waals surface area contributed by atoms with Gasteiger partial charge in [0.05, 0.1) is 10.7 Å². The summed E-state index contributed by atoms with van der Waals surface area (Å²) in [6, 6.07) is 0. The van der Waals surface area contributed by atoms with Crippen LogP contribution in [0, 0.1) is 12.8 Å². The number of carbonyl (C=O) groups excluding carboxylic acids is 1. The highest BCUT2D eigenvalue weighted by molar-refractivity contribution is 7.09. The van der Waals surface area contributed by atoms with Crippen molar-refractivity contribution in [2.45, 2.75) is 26.2 Å². The van der Waals surface area contributed by atoms with Crippen LogP contribution in [-0.2, 0) is 9.53 Å². The van der Waals surface area contributed by atoms with E-state index < -0.39 is 0 Å². The van der Waals surface area contributed by atoms with E-state index in [4.69, 9.17) is 4.74 Å². The lowest BCUT2D eigenvalue weighted by atomic mass is 10.4. The molecule has 1 N–H and O–H groups in total. The largest absolute Gasteiger partial charge is 0.381 e. The molecule has 0 aromatic carbocycles. The van der Waals surface area contributed by atoms with Crippen molar-refractivity contribution in [3.63, 3.8) is 0 Å². The monoisotopic (exact) mass is 280 g/mol. The SMILES string of the molecule is Cc1nc(/C=C/C(=O)NCCCOCC2CC2)cs1. The number of nitrogens with one attached hydrogen (secondary N) is 1. The Balaban J connectivity index is 1.52. The number of aryl methyl sites for hydroxylation is 1. The van der Waals surface area contributed by atoms with Crippen LogP contribution in [0.5, 0.6) is 0 Å². The van der Waals surface area contributed by atoms with Gasteiger partial charge in [-0.1, -0.05) is 0 Å². The summed E-state index contributed by atoms with van der Waals surface area (Å²) < 4.78 is 5.49. The Morgan fingerprint density at radius 2 is 2.47 bits per heavy atom. The minimum atomic E-state index is -0.0761. The van der Waals surface area contributed by atoms with E-state index in [2.05, 4.69) is 10.3 Å². The molecule has 0 bridgehead atoms. The average Bonchev–Trinajstić information content (AvgIpc) is 3.12. The van der Waals surface area contributed by atoms with Crippen molar-refractivity contribution in [1.82, 2.24) is 10.3 Å². The minimum absolute atomic E-state index is 0.0761. The zero-order valence-corrected chi connectivity index (χ0v) is 12.0. The average molecular weight is 280 g/mol. The van der Waals surface area contributed by atoms with Crippen molar-refractivity contribution in [2.75, 3.05) is 19.8 Å². The van der Waals surface area contributed by atoms with Gasteiger partial charge in [0.2, 0.25) is 5.91 Å². The van der Waals surface area contributed by atoms with Gasteiger partial charge in [0, 0.05) is 31.2 Å². The fourth-order valence-corrected chi connectivity index (χ4v) is 2.18. The first kappa shape index (κ1) is 14.2. The quantitative estimate of drug-likeness (QED) is 0.587. The molecule has 4 nitrogen and oxygen atoms in total. The van der Waals surface area contributed by atoms with Gasteiger partial charge in [-0.15, -0.1) is 11.3 Å². The lowest BCUT2D eigenvalue weighted by Gasteiger charge is -2.03. The lowest BCUT2D eigenvalue weighted by molar-refractivity contribution is -0.116. The molecule has 1 aliphatic rings. The van der Waals surface area contributed by atoms with Gasteiger partial charge < -0.3 is 10.1 Å². The van der Waals surface area contributed by atoms with Gasteiger partial charge >= 0.3 is 0 Å². The van der Waals surface area contributed by atoms with Gasteiger partial charge in [0.15, 0.2) is 0 Å². The highest BCUT2D eigenvalue weighted by atomic mass is 32.1. The van der Waals surface area contributed by atoms with Crippen LogP contribution < -0.4 is 5.32 Å². The lowest BCUT2D eigenvalue weighted by Crippen LogP contribution is -2.23. The number of ether oxygens (including phenoxy) is 1. The van der Waals surface area contributed by atoms with Gasteiger partial charge in [0.25, 0.3) is 0 Å². The molecule has 1 aliphatic carbocycles. The number of nitrogens with zero attached hydrogens (tertiary/aromatic N) is 1. The fourth-order valence-electron chi connectivity index (χ4n) is 1.60. The number of rotatable bonds is 8. The van der Waals surface area contributed by atoms with Crippen molar-refractivity contribution in [3.05, 3.63) is 22.2 Å². The molecule has 1 heterocycles. The van der Waals surface area contributed by atoms with Crippen LogP contribution in [0.1, 0.15) is 30.0 Å². The van der Waals surface area contributed by atoms with Crippen LogP contribution in [-0.4, -0.2) is 30.6 Å². The van der Waals surface area contributed by atoms with E-state index in [0.29, 0.717) is 6.54 Å². The van der Waals surface area contributed by atoms with E-state index in [-0.39, 0.29) is 5.91 Å². The molecule has 5 heteroatoms. The maximum absolute atomic E-state index is 11.5. The highest BCUT2D eigenvalue weighted by Gasteiger charge is 2.20. The Hall–Kier alpha value is -1.20. The first-order valence-electron chi connectivity index (χ1n) is 6.70. The van der Waals surface area contributed by atoms with Crippen LogP contribution in [0.3, 0.4) is 0 Å². The summed E-state index contributed by atoms with van der Waals surface area (Å²) in [5.74, 6) is 0.729. The van der Waals surface area contributed by atoms with Crippen LogP contribution in [0.25, 0.3) is 6.08 Å². The molecule has 0 atom stereocenters. The maximum Gasteiger partial charge on any atom is 0.244 e. The third kappa shape index (κ3) is 5.98. The van der Waals surface area contributed by atoms with Gasteiger partial charge in [-0.2, -0.15) is 0 Å². The first-order chi connectivity index (χ1) is 9.24. The van der Waals surface area contributed by atoms with E-state index >= 15 is 0 Å². The molecule has 0 radical (unpaired) electrons. The third-order valence-electron chi connectivity index (χ3n) is 2.86. The molecular formula is C14H20N2O2S. The standard InChI is InChI=1S/C14H20N2O2S/c1-11-16-13(10-19-11)5-6-14(17)15-7-2-8-18-9-12-3-4-12/h5-6,10,12H,2-4,7-9H2,1H3,(H,15,17)/b6-5+. The Labute approximate surface area is 117 Å². The minimum Gasteiger partial charge on any atom is -0.381 e. The Bertz CT molecular complexity index is 438. The normalized spacial score (nSPS) is 15.0. The molecule has 0 aliphatic heterocycles. The molecule has 1 saturated carbocycles. The molecular weight excluding hydrogens is 260 g/mol. The van der Waals surface area contributed by atoms with Crippen LogP contribution >= 0.6 is 11.3 Å². The number of amides is 1. The number of carbonyl (C=O) groups is 1. The summed E-state index contributed by atoms with van der Waals surface area (Å²) in [6.45, 7) is 4.22. The van der Waals surface area contributed by atoms with Crippen LogP contribution in [0.15, 0.2) is 11.5 Å². The number of hydrogen-bond donors (Lipinski definition) is 1. The summed E-state index contributed by atoms with van der Waals surface area (Å²) in [5.41, 5.74) is 0.838. The second kappa shape index (κ2) is 7.40. The summed E-state index contributed by atoms with van der Waals surface area (Å²) in [7, 11) is 0. The Kier molecular flexibility index (Phi) is 5.54. The summed E-state index contributed by atoms with van der Waals surface area (Å²) >= 11 is 1.58. The maximum atomic E-state index is 11.5. The number of hydrogen-bond acceptors (Lipinski definition) is 4. The Morgan fingerprint density at radius 3 is 3.16 bits per heavy atom. The van der Waals surface area contributed by atoms with E-state index in [9.17, 15) is 4.79 Å². The molecule has 0 spiro atoms. The van der Waals surface area contributed by atoms with Crippen molar-refractivity contribution in [1.29, 1.82) is 0 Å². The van der Waals surface area contributed by atoms with Crippen LogP contribution in [0.4, 0.5) is 0 Å². The van der Waals surface area contributed by atoms with E-state index in [1.807, 2.05) is 12.3 Å². The van der Waals surface area contributed by atoms with Gasteiger partial charge in [-0.3, -0.25) is 4.79 Å². The van der Waals surface area contributed by atoms with E-state index in [1.54, 1.807) is 17.4 Å². The molecule has 1 amide bonds. The number of aromatic nitrogens is 1. The second-order valence-electron chi connectivity index (χ2n) is 4.79.